The summed E-state index contributed by atoms with van der Waals surface area (Å²) < 4.78 is 6.27. The van der Waals surface area contributed by atoms with Gasteiger partial charge in [0.2, 0.25) is 0 Å². The summed E-state index contributed by atoms with van der Waals surface area (Å²) in [6.45, 7) is -0.124. The lowest BCUT2D eigenvalue weighted by Gasteiger charge is -2.23. The Balaban J connectivity index is 2.40. The van der Waals surface area contributed by atoms with Gasteiger partial charge in [-0.25, -0.2) is 0 Å². The molecule has 0 saturated heterocycles. The standard InChI is InChI=1S/C10H9BrO3/c11-6-1-2-10-8(3-6)9(13)4-7(5-12)14-10/h1-3,7,12H,4-5H2. The van der Waals surface area contributed by atoms with Crippen molar-refractivity contribution in [1.29, 1.82) is 0 Å². The maximum Gasteiger partial charge on any atom is 0.170 e. The van der Waals surface area contributed by atoms with Crippen LogP contribution in [0.4, 0.5) is 0 Å². The molecule has 0 amide bonds. The third-order valence-corrected chi connectivity index (χ3v) is 2.65. The zero-order chi connectivity index (χ0) is 10.1. The number of halogens is 1. The molecule has 0 radical (unpaired) electrons. The predicted molar refractivity (Wildman–Crippen MR) is 54.6 cm³/mol. The molecule has 1 aromatic carbocycles. The van der Waals surface area contributed by atoms with E-state index in [0.717, 1.165) is 4.47 Å². The summed E-state index contributed by atoms with van der Waals surface area (Å²) in [6, 6.07) is 5.29. The number of aliphatic hydroxyl groups is 1. The van der Waals surface area contributed by atoms with E-state index in [-0.39, 0.29) is 18.8 Å². The molecule has 0 aliphatic carbocycles. The van der Waals surface area contributed by atoms with Gasteiger partial charge in [-0.2, -0.15) is 0 Å². The van der Waals surface area contributed by atoms with Gasteiger partial charge in [0.15, 0.2) is 5.78 Å². The number of aliphatic hydroxyl groups excluding tert-OH is 1. The lowest BCUT2D eigenvalue weighted by molar-refractivity contribution is 0.0704. The van der Waals surface area contributed by atoms with Crippen LogP contribution in [0.5, 0.6) is 5.75 Å². The quantitative estimate of drug-likeness (QED) is 0.834. The summed E-state index contributed by atoms with van der Waals surface area (Å²) in [7, 11) is 0. The van der Waals surface area contributed by atoms with E-state index in [0.29, 0.717) is 11.3 Å². The zero-order valence-corrected chi connectivity index (χ0v) is 8.95. The van der Waals surface area contributed by atoms with Gasteiger partial charge in [0, 0.05) is 4.47 Å². The number of carbonyl (C=O) groups is 1. The minimum absolute atomic E-state index is 0.0200. The molecule has 1 aromatic rings. The van der Waals surface area contributed by atoms with Crippen molar-refractivity contribution in [1.82, 2.24) is 0 Å². The van der Waals surface area contributed by atoms with Gasteiger partial charge in [-0.05, 0) is 18.2 Å². The fourth-order valence-corrected chi connectivity index (χ4v) is 1.82. The molecule has 1 atom stereocenters. The molecule has 1 aliphatic heterocycles. The van der Waals surface area contributed by atoms with E-state index < -0.39 is 6.10 Å². The second-order valence-electron chi connectivity index (χ2n) is 3.19. The maximum absolute atomic E-state index is 11.6. The first-order valence-electron chi connectivity index (χ1n) is 4.31. The number of carbonyl (C=O) groups excluding carboxylic acids is 1. The van der Waals surface area contributed by atoms with Gasteiger partial charge in [-0.1, -0.05) is 15.9 Å². The molecule has 1 unspecified atom stereocenters. The smallest absolute Gasteiger partial charge is 0.170 e. The van der Waals surface area contributed by atoms with E-state index in [1.54, 1.807) is 12.1 Å². The first-order chi connectivity index (χ1) is 6.70. The number of hydrogen-bond acceptors (Lipinski definition) is 3. The summed E-state index contributed by atoms with van der Waals surface area (Å²) in [4.78, 5) is 11.6. The molecule has 14 heavy (non-hydrogen) atoms. The molecule has 0 spiro atoms. The molecular weight excluding hydrogens is 248 g/mol. The highest BCUT2D eigenvalue weighted by Gasteiger charge is 2.25. The average molecular weight is 257 g/mol. The molecule has 0 fully saturated rings. The number of fused-ring (bicyclic) bond motifs is 1. The summed E-state index contributed by atoms with van der Waals surface area (Å²) in [5.74, 6) is 0.579. The monoisotopic (exact) mass is 256 g/mol. The van der Waals surface area contributed by atoms with Gasteiger partial charge >= 0.3 is 0 Å². The van der Waals surface area contributed by atoms with Crippen LogP contribution in [-0.4, -0.2) is 23.6 Å². The number of ether oxygens (including phenoxy) is 1. The summed E-state index contributed by atoms with van der Waals surface area (Å²) in [5.41, 5.74) is 0.587. The summed E-state index contributed by atoms with van der Waals surface area (Å²) in [6.07, 6.45) is -0.142. The van der Waals surface area contributed by atoms with Gasteiger partial charge in [0.25, 0.3) is 0 Å². The lowest BCUT2D eigenvalue weighted by Crippen LogP contribution is -2.29. The van der Waals surface area contributed by atoms with Gasteiger partial charge < -0.3 is 9.84 Å². The van der Waals surface area contributed by atoms with Crippen LogP contribution in [0.15, 0.2) is 22.7 Å². The van der Waals surface area contributed by atoms with Crippen LogP contribution < -0.4 is 4.74 Å². The van der Waals surface area contributed by atoms with E-state index in [2.05, 4.69) is 15.9 Å². The fourth-order valence-electron chi connectivity index (χ4n) is 1.46. The molecule has 3 nitrogen and oxygen atoms in total. The number of ketones is 1. The van der Waals surface area contributed by atoms with Gasteiger partial charge in [-0.3, -0.25) is 4.79 Å². The van der Waals surface area contributed by atoms with Crippen LogP contribution in [0.2, 0.25) is 0 Å². The summed E-state index contributed by atoms with van der Waals surface area (Å²) in [5, 5.41) is 8.90. The van der Waals surface area contributed by atoms with Crippen LogP contribution in [0.1, 0.15) is 16.8 Å². The van der Waals surface area contributed by atoms with E-state index in [9.17, 15) is 4.79 Å². The van der Waals surface area contributed by atoms with Crippen LogP contribution in [-0.2, 0) is 0 Å². The van der Waals surface area contributed by atoms with Crippen molar-refractivity contribution in [3.8, 4) is 5.75 Å². The van der Waals surface area contributed by atoms with Gasteiger partial charge in [0.1, 0.15) is 11.9 Å². The number of benzene rings is 1. The number of hydrogen-bond donors (Lipinski definition) is 1. The van der Waals surface area contributed by atoms with Crippen molar-refractivity contribution in [3.05, 3.63) is 28.2 Å². The van der Waals surface area contributed by atoms with E-state index >= 15 is 0 Å². The maximum atomic E-state index is 11.6. The van der Waals surface area contributed by atoms with Crippen LogP contribution in [0.3, 0.4) is 0 Å². The minimum Gasteiger partial charge on any atom is -0.487 e. The second-order valence-corrected chi connectivity index (χ2v) is 4.11. The highest BCUT2D eigenvalue weighted by Crippen LogP contribution is 2.29. The second kappa shape index (κ2) is 3.71. The fraction of sp³-hybridized carbons (Fsp3) is 0.300. The molecule has 4 heteroatoms. The van der Waals surface area contributed by atoms with E-state index in [1.165, 1.54) is 0 Å². The predicted octanol–water partition coefficient (Wildman–Crippen LogP) is 1.78. The molecule has 0 saturated carbocycles. The van der Waals surface area contributed by atoms with Crippen molar-refractivity contribution in [2.75, 3.05) is 6.61 Å². The molecular formula is C10H9BrO3. The zero-order valence-electron chi connectivity index (χ0n) is 7.37. The normalized spacial score (nSPS) is 20.1. The molecule has 1 N–H and O–H groups in total. The van der Waals surface area contributed by atoms with Crippen molar-refractivity contribution >= 4 is 21.7 Å². The summed E-state index contributed by atoms with van der Waals surface area (Å²) >= 11 is 3.29. The molecule has 0 aromatic heterocycles. The molecule has 0 bridgehead atoms. The Hall–Kier alpha value is -0.870. The average Bonchev–Trinajstić information content (AvgIpc) is 2.19. The van der Waals surface area contributed by atoms with Crippen molar-refractivity contribution in [3.63, 3.8) is 0 Å². The first kappa shape index (κ1) is 9.68. The third-order valence-electron chi connectivity index (χ3n) is 2.15. The molecule has 1 heterocycles. The topological polar surface area (TPSA) is 46.5 Å². The molecule has 74 valence electrons. The van der Waals surface area contributed by atoms with Gasteiger partial charge in [-0.15, -0.1) is 0 Å². The van der Waals surface area contributed by atoms with Crippen molar-refractivity contribution < 1.29 is 14.6 Å². The highest BCUT2D eigenvalue weighted by atomic mass is 79.9. The SMILES string of the molecule is O=C1CC(CO)Oc2ccc(Br)cc21. The number of rotatable bonds is 1. The highest BCUT2D eigenvalue weighted by molar-refractivity contribution is 9.10. The Morgan fingerprint density at radius 1 is 1.57 bits per heavy atom. The van der Waals surface area contributed by atoms with Crippen molar-refractivity contribution in [2.24, 2.45) is 0 Å². The minimum atomic E-state index is -0.392. The van der Waals surface area contributed by atoms with E-state index in [1.807, 2.05) is 6.07 Å². The third kappa shape index (κ3) is 1.67. The largest absolute Gasteiger partial charge is 0.487 e. The Morgan fingerprint density at radius 3 is 3.07 bits per heavy atom. The molecule has 1 aliphatic rings. The van der Waals surface area contributed by atoms with Gasteiger partial charge in [0.05, 0.1) is 18.6 Å². The first-order valence-corrected chi connectivity index (χ1v) is 5.10. The Kier molecular flexibility index (Phi) is 2.56. The lowest BCUT2D eigenvalue weighted by atomic mass is 10.0. The van der Waals surface area contributed by atoms with Crippen LogP contribution >= 0.6 is 15.9 Å². The van der Waals surface area contributed by atoms with Crippen LogP contribution in [0, 0.1) is 0 Å². The Bertz CT molecular complexity index is 376. The van der Waals surface area contributed by atoms with Crippen LogP contribution in [0.25, 0.3) is 0 Å². The van der Waals surface area contributed by atoms with E-state index in [4.69, 9.17) is 9.84 Å². The number of Topliss-reactive ketones (excluding diaryl/α,β-unsaturated/α-hetero) is 1. The Labute approximate surface area is 89.8 Å². The Morgan fingerprint density at radius 2 is 2.36 bits per heavy atom. The van der Waals surface area contributed by atoms with Crippen molar-refractivity contribution in [2.45, 2.75) is 12.5 Å². The molecule has 2 rings (SSSR count).